The fourth-order valence-electron chi connectivity index (χ4n) is 2.37. The lowest BCUT2D eigenvalue weighted by Gasteiger charge is -2.34. The van der Waals surface area contributed by atoms with Gasteiger partial charge in [0.15, 0.2) is 0 Å². The second-order valence-electron chi connectivity index (χ2n) is 4.49. The van der Waals surface area contributed by atoms with E-state index in [1.54, 1.807) is 19.5 Å². The molecule has 5 nitrogen and oxygen atoms in total. The number of rotatable bonds is 4. The third-order valence-electron chi connectivity index (χ3n) is 3.37. The summed E-state index contributed by atoms with van der Waals surface area (Å²) in [6, 6.07) is -0.0708. The van der Waals surface area contributed by atoms with E-state index in [0.717, 1.165) is 28.8 Å². The number of hydrogen-bond acceptors (Lipinski definition) is 4. The molecule has 0 radical (unpaired) electrons. The first-order valence-electron chi connectivity index (χ1n) is 6.35. The first-order chi connectivity index (χ1) is 9.17. The summed E-state index contributed by atoms with van der Waals surface area (Å²) in [4.78, 5) is 18.1. The van der Waals surface area contributed by atoms with Crippen molar-refractivity contribution in [3.8, 4) is 5.75 Å². The number of methoxy groups -OCH3 is 1. The predicted molar refractivity (Wildman–Crippen MR) is 76.0 cm³/mol. The van der Waals surface area contributed by atoms with Crippen molar-refractivity contribution in [3.05, 3.63) is 22.4 Å². The number of nitrogens with zero attached hydrogens (tertiary/aromatic N) is 2. The van der Waals surface area contributed by atoms with E-state index in [9.17, 15) is 4.79 Å². The normalized spacial score (nSPS) is 20.2. The maximum absolute atomic E-state index is 11.9. The minimum atomic E-state index is -0.0708. The molecule has 0 unspecified atom stereocenters. The average Bonchev–Trinajstić information content (AvgIpc) is 2.41. The largest absolute Gasteiger partial charge is 0.495 e. The zero-order chi connectivity index (χ0) is 13.8. The van der Waals surface area contributed by atoms with E-state index < -0.39 is 0 Å². The molecule has 1 N–H and O–H groups in total. The van der Waals surface area contributed by atoms with Crippen molar-refractivity contribution < 1.29 is 9.53 Å². The summed E-state index contributed by atoms with van der Waals surface area (Å²) in [6.45, 7) is 4.25. The standard InChI is InChI=1S/C13H18BrN3O2/c1-3-11-13(18)16-4-5-17(11)8-9-10(14)6-15-7-12(9)19-2/h6-7,11H,3-5,8H2,1-2H3,(H,16,18)/t11-/m0/s1. The van der Waals surface area contributed by atoms with Gasteiger partial charge in [-0.15, -0.1) is 0 Å². The van der Waals surface area contributed by atoms with Crippen LogP contribution in [0.15, 0.2) is 16.9 Å². The van der Waals surface area contributed by atoms with Crippen molar-refractivity contribution in [1.29, 1.82) is 0 Å². The number of halogens is 1. The van der Waals surface area contributed by atoms with E-state index in [-0.39, 0.29) is 11.9 Å². The fourth-order valence-corrected chi connectivity index (χ4v) is 2.81. The smallest absolute Gasteiger partial charge is 0.237 e. The number of piperazine rings is 1. The van der Waals surface area contributed by atoms with Gasteiger partial charge in [0.1, 0.15) is 5.75 Å². The Labute approximate surface area is 121 Å². The Morgan fingerprint density at radius 3 is 3.05 bits per heavy atom. The zero-order valence-electron chi connectivity index (χ0n) is 11.1. The summed E-state index contributed by atoms with van der Waals surface area (Å²) < 4.78 is 6.25. The molecule has 0 bridgehead atoms. The van der Waals surface area contributed by atoms with Gasteiger partial charge in [0.05, 0.1) is 19.3 Å². The summed E-state index contributed by atoms with van der Waals surface area (Å²) in [5, 5.41) is 2.91. The highest BCUT2D eigenvalue weighted by Crippen LogP contribution is 2.28. The van der Waals surface area contributed by atoms with Gasteiger partial charge in [0.25, 0.3) is 0 Å². The molecule has 6 heteroatoms. The van der Waals surface area contributed by atoms with Crippen LogP contribution in [0.3, 0.4) is 0 Å². The van der Waals surface area contributed by atoms with E-state index in [1.165, 1.54) is 0 Å². The molecule has 1 aliphatic heterocycles. The Kier molecular flexibility index (Phi) is 4.76. The van der Waals surface area contributed by atoms with E-state index in [4.69, 9.17) is 4.74 Å². The lowest BCUT2D eigenvalue weighted by Crippen LogP contribution is -2.54. The van der Waals surface area contributed by atoms with Crippen molar-refractivity contribution in [2.24, 2.45) is 0 Å². The van der Waals surface area contributed by atoms with Crippen LogP contribution >= 0.6 is 15.9 Å². The van der Waals surface area contributed by atoms with Gasteiger partial charge in [-0.1, -0.05) is 6.92 Å². The van der Waals surface area contributed by atoms with Crippen LogP contribution in [0, 0.1) is 0 Å². The molecule has 1 aliphatic rings. The molecule has 0 saturated carbocycles. The van der Waals surface area contributed by atoms with Gasteiger partial charge in [0, 0.05) is 35.9 Å². The highest BCUT2D eigenvalue weighted by molar-refractivity contribution is 9.10. The first-order valence-corrected chi connectivity index (χ1v) is 7.14. The van der Waals surface area contributed by atoms with Crippen molar-refractivity contribution in [2.45, 2.75) is 25.9 Å². The quantitative estimate of drug-likeness (QED) is 0.911. The van der Waals surface area contributed by atoms with Gasteiger partial charge < -0.3 is 10.1 Å². The molecule has 0 spiro atoms. The number of aromatic nitrogens is 1. The van der Waals surface area contributed by atoms with E-state index in [0.29, 0.717) is 13.1 Å². The number of hydrogen-bond donors (Lipinski definition) is 1. The van der Waals surface area contributed by atoms with Gasteiger partial charge >= 0.3 is 0 Å². The summed E-state index contributed by atoms with van der Waals surface area (Å²) in [7, 11) is 1.63. The van der Waals surface area contributed by atoms with Crippen molar-refractivity contribution in [2.75, 3.05) is 20.2 Å². The molecule has 19 heavy (non-hydrogen) atoms. The molecule has 1 saturated heterocycles. The molecular formula is C13H18BrN3O2. The maximum atomic E-state index is 11.9. The van der Waals surface area contributed by atoms with Crippen LogP contribution in [-0.2, 0) is 11.3 Å². The van der Waals surface area contributed by atoms with Crippen LogP contribution in [0.1, 0.15) is 18.9 Å². The summed E-state index contributed by atoms with van der Waals surface area (Å²) in [5.41, 5.74) is 1.03. The second kappa shape index (κ2) is 6.34. The molecule has 2 rings (SSSR count). The summed E-state index contributed by atoms with van der Waals surface area (Å²) in [5.74, 6) is 0.855. The van der Waals surface area contributed by atoms with Gasteiger partial charge in [0.2, 0.25) is 5.91 Å². The van der Waals surface area contributed by atoms with Crippen molar-refractivity contribution in [3.63, 3.8) is 0 Å². The van der Waals surface area contributed by atoms with E-state index in [2.05, 4.69) is 31.1 Å². The topological polar surface area (TPSA) is 54.5 Å². The third kappa shape index (κ3) is 3.06. The second-order valence-corrected chi connectivity index (χ2v) is 5.34. The predicted octanol–water partition coefficient (Wildman–Crippen LogP) is 1.56. The number of carbonyl (C=O) groups is 1. The molecule has 0 aliphatic carbocycles. The highest BCUT2D eigenvalue weighted by Gasteiger charge is 2.29. The van der Waals surface area contributed by atoms with Crippen LogP contribution in [0.5, 0.6) is 5.75 Å². The Hall–Kier alpha value is -1.14. The SMILES string of the molecule is CC[C@H]1C(=O)NCCN1Cc1c(Br)cncc1OC. The molecule has 0 aromatic carbocycles. The average molecular weight is 328 g/mol. The fraction of sp³-hybridized carbons (Fsp3) is 0.538. The molecule has 1 atom stereocenters. The summed E-state index contributed by atoms with van der Waals surface area (Å²) >= 11 is 3.50. The number of ether oxygens (including phenoxy) is 1. The Bertz CT molecular complexity index is 467. The monoisotopic (exact) mass is 327 g/mol. The number of nitrogens with one attached hydrogen (secondary N) is 1. The lowest BCUT2D eigenvalue weighted by molar-refractivity contribution is -0.129. The minimum absolute atomic E-state index is 0.0708. The number of carbonyl (C=O) groups excluding carboxylic acids is 1. The molecule has 2 heterocycles. The molecule has 1 aromatic heterocycles. The van der Waals surface area contributed by atoms with Crippen LogP contribution in [0.2, 0.25) is 0 Å². The summed E-state index contributed by atoms with van der Waals surface area (Å²) in [6.07, 6.45) is 4.25. The highest BCUT2D eigenvalue weighted by atomic mass is 79.9. The van der Waals surface area contributed by atoms with E-state index in [1.807, 2.05) is 6.92 Å². The van der Waals surface area contributed by atoms with Crippen molar-refractivity contribution >= 4 is 21.8 Å². The zero-order valence-corrected chi connectivity index (χ0v) is 12.7. The molecule has 104 valence electrons. The first kappa shape index (κ1) is 14.3. The molecule has 1 fully saturated rings. The maximum Gasteiger partial charge on any atom is 0.237 e. The van der Waals surface area contributed by atoms with Gasteiger partial charge in [-0.05, 0) is 22.4 Å². The Morgan fingerprint density at radius 1 is 1.58 bits per heavy atom. The van der Waals surface area contributed by atoms with Gasteiger partial charge in [-0.25, -0.2) is 0 Å². The van der Waals surface area contributed by atoms with Gasteiger partial charge in [-0.2, -0.15) is 0 Å². The Morgan fingerprint density at radius 2 is 2.37 bits per heavy atom. The van der Waals surface area contributed by atoms with Crippen LogP contribution in [-0.4, -0.2) is 42.0 Å². The van der Waals surface area contributed by atoms with E-state index >= 15 is 0 Å². The lowest BCUT2D eigenvalue weighted by atomic mass is 10.1. The number of pyridine rings is 1. The molecule has 1 aromatic rings. The van der Waals surface area contributed by atoms with Crippen LogP contribution in [0.4, 0.5) is 0 Å². The molecule has 1 amide bonds. The Balaban J connectivity index is 2.22. The molecular weight excluding hydrogens is 310 g/mol. The van der Waals surface area contributed by atoms with Crippen LogP contribution in [0.25, 0.3) is 0 Å². The third-order valence-corrected chi connectivity index (χ3v) is 4.06. The minimum Gasteiger partial charge on any atom is -0.495 e. The van der Waals surface area contributed by atoms with Gasteiger partial charge in [-0.3, -0.25) is 14.7 Å². The van der Waals surface area contributed by atoms with Crippen molar-refractivity contribution in [1.82, 2.24) is 15.2 Å². The number of amides is 1. The van der Waals surface area contributed by atoms with Crippen LogP contribution < -0.4 is 10.1 Å².